The predicted molar refractivity (Wildman–Crippen MR) is 118 cm³/mol. The van der Waals surface area contributed by atoms with Crippen LogP contribution in [0.25, 0.3) is 11.2 Å². The van der Waals surface area contributed by atoms with E-state index in [-0.39, 0.29) is 0 Å². The molecular weight excluding hydrogens is 380 g/mol. The Bertz CT molecular complexity index is 1350. The summed E-state index contributed by atoms with van der Waals surface area (Å²) in [4.78, 5) is 29.8. The fourth-order valence-corrected chi connectivity index (χ4v) is 3.33. The summed E-state index contributed by atoms with van der Waals surface area (Å²) in [5, 5.41) is 4.45. The van der Waals surface area contributed by atoms with Gasteiger partial charge in [0.05, 0.1) is 12.3 Å². The topological polar surface area (TPSA) is 86.2 Å². The molecule has 0 aliphatic heterocycles. The third-order valence-electron chi connectivity index (χ3n) is 5.05. The van der Waals surface area contributed by atoms with E-state index in [0.29, 0.717) is 23.7 Å². The molecule has 0 saturated heterocycles. The van der Waals surface area contributed by atoms with Crippen LogP contribution >= 0.6 is 0 Å². The molecule has 0 bridgehead atoms. The van der Waals surface area contributed by atoms with Gasteiger partial charge in [-0.3, -0.25) is 18.5 Å². The molecule has 0 atom stereocenters. The highest BCUT2D eigenvalue weighted by Gasteiger charge is 2.19. The Morgan fingerprint density at radius 1 is 0.967 bits per heavy atom. The summed E-state index contributed by atoms with van der Waals surface area (Å²) in [7, 11) is 3.07. The molecule has 2 heterocycles. The second-order valence-electron chi connectivity index (χ2n) is 7.06. The van der Waals surface area contributed by atoms with E-state index in [9.17, 15) is 9.59 Å². The summed E-state index contributed by atoms with van der Waals surface area (Å²) < 4.78 is 4.22. The molecular formula is C22H22N6O2. The number of imidazole rings is 1. The predicted octanol–water partition coefficient (Wildman–Crippen LogP) is 2.32. The van der Waals surface area contributed by atoms with Crippen LogP contribution in [0, 0.1) is 0 Å². The van der Waals surface area contributed by atoms with Crippen molar-refractivity contribution < 1.29 is 0 Å². The third kappa shape index (κ3) is 3.43. The minimum absolute atomic E-state index is 0.314. The van der Waals surface area contributed by atoms with Gasteiger partial charge in [-0.25, -0.2) is 10.2 Å². The summed E-state index contributed by atoms with van der Waals surface area (Å²) >= 11 is 0. The summed E-state index contributed by atoms with van der Waals surface area (Å²) in [6, 6.07) is 19.5. The van der Waals surface area contributed by atoms with Gasteiger partial charge < -0.3 is 0 Å². The number of rotatable bonds is 5. The van der Waals surface area contributed by atoms with Gasteiger partial charge in [0.1, 0.15) is 0 Å². The van der Waals surface area contributed by atoms with E-state index in [2.05, 4.69) is 15.5 Å². The van der Waals surface area contributed by atoms with Crippen molar-refractivity contribution in [3.05, 3.63) is 92.6 Å². The molecule has 0 spiro atoms. The number of fused-ring (bicyclic) bond motifs is 1. The molecule has 30 heavy (non-hydrogen) atoms. The van der Waals surface area contributed by atoms with Gasteiger partial charge in [0.25, 0.3) is 5.56 Å². The lowest BCUT2D eigenvalue weighted by atomic mass is 10.1. The molecule has 152 valence electrons. The zero-order valence-corrected chi connectivity index (χ0v) is 17.0. The highest BCUT2D eigenvalue weighted by Crippen LogP contribution is 2.18. The SMILES string of the molecule is C/C(=N/Nc1nc2c(c(=O)n(C)c(=O)n2C)n1Cc1ccccc1)c1ccccc1. The van der Waals surface area contributed by atoms with E-state index in [1.807, 2.05) is 67.6 Å². The molecule has 4 rings (SSSR count). The van der Waals surface area contributed by atoms with Gasteiger partial charge in [-0.1, -0.05) is 60.7 Å². The second-order valence-corrected chi connectivity index (χ2v) is 7.06. The fourth-order valence-electron chi connectivity index (χ4n) is 3.33. The second kappa shape index (κ2) is 7.82. The first kappa shape index (κ1) is 19.4. The van der Waals surface area contributed by atoms with Crippen LogP contribution < -0.4 is 16.7 Å². The van der Waals surface area contributed by atoms with Gasteiger partial charge in [-0.15, -0.1) is 0 Å². The molecule has 0 unspecified atom stereocenters. The maximum atomic E-state index is 12.9. The van der Waals surface area contributed by atoms with Crippen molar-refractivity contribution in [3.63, 3.8) is 0 Å². The number of aromatic nitrogens is 4. The lowest BCUT2D eigenvalue weighted by Crippen LogP contribution is -2.37. The average molecular weight is 402 g/mol. The van der Waals surface area contributed by atoms with Crippen molar-refractivity contribution in [1.82, 2.24) is 18.7 Å². The van der Waals surface area contributed by atoms with Crippen LogP contribution in [0.3, 0.4) is 0 Å². The quantitative estimate of drug-likeness (QED) is 0.410. The minimum Gasteiger partial charge on any atom is -0.298 e. The lowest BCUT2D eigenvalue weighted by molar-refractivity contribution is 0.702. The normalized spacial score (nSPS) is 11.8. The number of anilines is 1. The van der Waals surface area contributed by atoms with E-state index in [0.717, 1.165) is 21.4 Å². The molecule has 1 N–H and O–H groups in total. The number of hydrogen-bond donors (Lipinski definition) is 1. The van der Waals surface area contributed by atoms with Gasteiger partial charge >= 0.3 is 5.69 Å². The number of nitrogens with one attached hydrogen (secondary N) is 1. The summed E-state index contributed by atoms with van der Waals surface area (Å²) in [5.41, 5.74) is 5.58. The zero-order valence-electron chi connectivity index (χ0n) is 17.0. The summed E-state index contributed by atoms with van der Waals surface area (Å²) in [5.74, 6) is 0.391. The Balaban J connectivity index is 1.87. The highest BCUT2D eigenvalue weighted by atomic mass is 16.2. The minimum atomic E-state index is -0.424. The van der Waals surface area contributed by atoms with Crippen LogP contribution in [-0.4, -0.2) is 24.4 Å². The van der Waals surface area contributed by atoms with Crippen molar-refractivity contribution in [3.8, 4) is 0 Å². The molecule has 2 aromatic heterocycles. The highest BCUT2D eigenvalue weighted by molar-refractivity contribution is 5.99. The van der Waals surface area contributed by atoms with Crippen molar-refractivity contribution in [2.75, 3.05) is 5.43 Å². The molecule has 2 aromatic carbocycles. The van der Waals surface area contributed by atoms with Crippen LogP contribution in [-0.2, 0) is 20.6 Å². The molecule has 0 saturated carbocycles. The zero-order chi connectivity index (χ0) is 21.3. The third-order valence-corrected chi connectivity index (χ3v) is 5.05. The molecule has 4 aromatic rings. The number of aryl methyl sites for hydroxylation is 1. The number of benzene rings is 2. The largest absolute Gasteiger partial charge is 0.332 e. The van der Waals surface area contributed by atoms with Crippen molar-refractivity contribution in [1.29, 1.82) is 0 Å². The van der Waals surface area contributed by atoms with E-state index >= 15 is 0 Å². The monoisotopic (exact) mass is 402 g/mol. The summed E-state index contributed by atoms with van der Waals surface area (Å²) in [6.07, 6.45) is 0. The average Bonchev–Trinajstić information content (AvgIpc) is 3.14. The molecule has 0 fully saturated rings. The summed E-state index contributed by atoms with van der Waals surface area (Å²) in [6.45, 7) is 2.30. The van der Waals surface area contributed by atoms with Crippen LogP contribution in [0.2, 0.25) is 0 Å². The first-order chi connectivity index (χ1) is 14.5. The van der Waals surface area contributed by atoms with E-state index in [1.54, 1.807) is 11.6 Å². The Morgan fingerprint density at radius 3 is 2.27 bits per heavy atom. The molecule has 8 heteroatoms. The Labute approximate surface area is 172 Å². The fraction of sp³-hybridized carbons (Fsp3) is 0.182. The maximum absolute atomic E-state index is 12.9. The molecule has 0 aliphatic carbocycles. The molecule has 8 nitrogen and oxygen atoms in total. The first-order valence-electron chi connectivity index (χ1n) is 9.53. The maximum Gasteiger partial charge on any atom is 0.332 e. The number of hydrogen-bond acceptors (Lipinski definition) is 5. The molecule has 0 aliphatic rings. The van der Waals surface area contributed by atoms with E-state index in [4.69, 9.17) is 0 Å². The van der Waals surface area contributed by atoms with E-state index in [1.165, 1.54) is 11.6 Å². The van der Waals surface area contributed by atoms with Crippen LogP contribution in [0.1, 0.15) is 18.1 Å². The van der Waals surface area contributed by atoms with Crippen LogP contribution in [0.4, 0.5) is 5.95 Å². The van der Waals surface area contributed by atoms with E-state index < -0.39 is 11.2 Å². The van der Waals surface area contributed by atoms with Gasteiger partial charge in [-0.2, -0.15) is 10.1 Å². The number of hydrazone groups is 1. The Morgan fingerprint density at radius 2 is 1.60 bits per heavy atom. The van der Waals surface area contributed by atoms with Crippen molar-refractivity contribution in [2.24, 2.45) is 19.2 Å². The van der Waals surface area contributed by atoms with Gasteiger partial charge in [0.15, 0.2) is 11.2 Å². The molecule has 0 amide bonds. The Hall–Kier alpha value is -3.94. The lowest BCUT2D eigenvalue weighted by Gasteiger charge is -2.10. The standard InChI is InChI=1S/C22H22N6O2/c1-15(17-12-8-5-9-13-17)24-25-21-23-19-18(20(29)27(3)22(30)26(19)2)28(21)14-16-10-6-4-7-11-16/h4-13H,14H2,1-3H3,(H,23,25)/b24-15-. The van der Waals surface area contributed by atoms with Gasteiger partial charge in [-0.05, 0) is 18.1 Å². The Kier molecular flexibility index (Phi) is 5.05. The van der Waals surface area contributed by atoms with Gasteiger partial charge in [0, 0.05) is 14.1 Å². The smallest absolute Gasteiger partial charge is 0.298 e. The molecule has 0 radical (unpaired) electrons. The van der Waals surface area contributed by atoms with Crippen LogP contribution in [0.15, 0.2) is 75.4 Å². The van der Waals surface area contributed by atoms with Crippen molar-refractivity contribution >= 4 is 22.8 Å². The van der Waals surface area contributed by atoms with Crippen LogP contribution in [0.5, 0.6) is 0 Å². The number of nitrogens with zero attached hydrogens (tertiary/aromatic N) is 5. The first-order valence-corrected chi connectivity index (χ1v) is 9.53. The van der Waals surface area contributed by atoms with Gasteiger partial charge in [0.2, 0.25) is 5.95 Å². The van der Waals surface area contributed by atoms with Crippen molar-refractivity contribution in [2.45, 2.75) is 13.5 Å².